The van der Waals surface area contributed by atoms with Crippen molar-refractivity contribution in [2.24, 2.45) is 5.92 Å². The Kier molecular flexibility index (Phi) is 9.58. The fourth-order valence-electron chi connectivity index (χ4n) is 1.59. The summed E-state index contributed by atoms with van der Waals surface area (Å²) >= 11 is 0. The molecule has 1 rings (SSSR count). The van der Waals surface area contributed by atoms with Crippen LogP contribution in [-0.4, -0.2) is 39.8 Å². The van der Waals surface area contributed by atoms with Gasteiger partial charge >= 0.3 is 0 Å². The highest BCUT2D eigenvalue weighted by molar-refractivity contribution is 5.94. The molecule has 0 radical (unpaired) electrons. The van der Waals surface area contributed by atoms with Crippen molar-refractivity contribution in [1.29, 1.82) is 0 Å². The molecule has 0 unspecified atom stereocenters. The normalized spacial score (nSPS) is 9.95. The summed E-state index contributed by atoms with van der Waals surface area (Å²) in [5, 5.41) is 5.80. The van der Waals surface area contributed by atoms with E-state index in [1.807, 2.05) is 7.05 Å². The molecule has 0 aliphatic heterocycles. The predicted octanol–water partition coefficient (Wildman–Crippen LogP) is 2.10. The van der Waals surface area contributed by atoms with Crippen LogP contribution in [0, 0.1) is 5.92 Å². The van der Waals surface area contributed by atoms with Crippen molar-refractivity contribution in [3.05, 3.63) is 23.8 Å². The van der Waals surface area contributed by atoms with Gasteiger partial charge in [0, 0.05) is 18.7 Å². The maximum Gasteiger partial charge on any atom is 0.251 e. The average Bonchev–Trinajstić information content (AvgIpc) is 2.44. The van der Waals surface area contributed by atoms with E-state index in [-0.39, 0.29) is 18.3 Å². The van der Waals surface area contributed by atoms with E-state index in [0.717, 1.165) is 6.54 Å². The first-order valence-corrected chi connectivity index (χ1v) is 6.82. The highest BCUT2D eigenvalue weighted by Crippen LogP contribution is 2.28. The maximum absolute atomic E-state index is 11.9. The first kappa shape index (κ1) is 19.5. The molecule has 0 aromatic heterocycles. The third-order valence-electron chi connectivity index (χ3n) is 2.66. The van der Waals surface area contributed by atoms with Gasteiger partial charge < -0.3 is 20.1 Å². The topological polar surface area (TPSA) is 59.6 Å². The van der Waals surface area contributed by atoms with Crippen molar-refractivity contribution in [1.82, 2.24) is 10.6 Å². The number of hydrogen-bond acceptors (Lipinski definition) is 4. The van der Waals surface area contributed by atoms with E-state index in [1.165, 1.54) is 0 Å². The standard InChI is InChI=1S/C15H24N2O3.ClH/c1-11(2)10-20-13-6-5-12(9-14(13)19-4)15(18)17-8-7-16-3;/h5-6,9,11,16H,7-8,10H2,1-4H3,(H,17,18);1H. The van der Waals surface area contributed by atoms with E-state index in [1.54, 1.807) is 25.3 Å². The molecule has 1 aromatic rings. The number of hydrogen-bond donors (Lipinski definition) is 2. The van der Waals surface area contributed by atoms with Gasteiger partial charge in [-0.25, -0.2) is 0 Å². The predicted molar refractivity (Wildman–Crippen MR) is 86.8 cm³/mol. The van der Waals surface area contributed by atoms with Gasteiger partial charge in [-0.1, -0.05) is 13.8 Å². The van der Waals surface area contributed by atoms with E-state index in [0.29, 0.717) is 36.1 Å². The molecule has 0 aliphatic carbocycles. The average molecular weight is 317 g/mol. The van der Waals surface area contributed by atoms with Crippen LogP contribution in [0.4, 0.5) is 0 Å². The number of carbonyl (C=O) groups is 1. The highest BCUT2D eigenvalue weighted by atomic mass is 35.5. The molecule has 0 heterocycles. The second kappa shape index (κ2) is 10.3. The smallest absolute Gasteiger partial charge is 0.251 e. The second-order valence-corrected chi connectivity index (χ2v) is 4.93. The lowest BCUT2D eigenvalue weighted by Gasteiger charge is -2.13. The molecule has 1 amide bonds. The Morgan fingerprint density at radius 3 is 2.52 bits per heavy atom. The minimum absolute atomic E-state index is 0. The summed E-state index contributed by atoms with van der Waals surface area (Å²) in [5.41, 5.74) is 0.565. The molecule has 6 heteroatoms. The number of rotatable bonds is 8. The van der Waals surface area contributed by atoms with Gasteiger partial charge in [-0.15, -0.1) is 12.4 Å². The number of halogens is 1. The fraction of sp³-hybridized carbons (Fsp3) is 0.533. The van der Waals surface area contributed by atoms with Crippen LogP contribution in [0.25, 0.3) is 0 Å². The van der Waals surface area contributed by atoms with Crippen molar-refractivity contribution in [3.8, 4) is 11.5 Å². The molecule has 0 saturated carbocycles. The van der Waals surface area contributed by atoms with Gasteiger partial charge in [0.05, 0.1) is 13.7 Å². The van der Waals surface area contributed by atoms with E-state index in [9.17, 15) is 4.79 Å². The zero-order valence-corrected chi connectivity index (χ0v) is 13.9. The van der Waals surface area contributed by atoms with E-state index < -0.39 is 0 Å². The Bertz CT molecular complexity index is 439. The molecule has 2 N–H and O–H groups in total. The molecule has 120 valence electrons. The number of benzene rings is 1. The molecule has 1 aromatic carbocycles. The molecule has 21 heavy (non-hydrogen) atoms. The minimum atomic E-state index is -0.117. The van der Waals surface area contributed by atoms with Crippen LogP contribution in [0.1, 0.15) is 24.2 Å². The Morgan fingerprint density at radius 1 is 1.24 bits per heavy atom. The lowest BCUT2D eigenvalue weighted by molar-refractivity contribution is 0.0953. The quantitative estimate of drug-likeness (QED) is 0.721. The van der Waals surface area contributed by atoms with Crippen molar-refractivity contribution < 1.29 is 14.3 Å². The third kappa shape index (κ3) is 6.69. The van der Waals surface area contributed by atoms with Crippen LogP contribution in [0.15, 0.2) is 18.2 Å². The molecule has 0 atom stereocenters. The minimum Gasteiger partial charge on any atom is -0.493 e. The summed E-state index contributed by atoms with van der Waals surface area (Å²) in [6.07, 6.45) is 0. The number of amides is 1. The zero-order chi connectivity index (χ0) is 15.0. The molecule has 0 bridgehead atoms. The summed E-state index contributed by atoms with van der Waals surface area (Å²) in [6.45, 7) is 6.10. The SMILES string of the molecule is CNCCNC(=O)c1ccc(OCC(C)C)c(OC)c1.Cl. The number of nitrogens with one attached hydrogen (secondary N) is 2. The number of likely N-dealkylation sites (N-methyl/N-ethyl adjacent to an activating group) is 1. The molecule has 5 nitrogen and oxygen atoms in total. The van der Waals surface area contributed by atoms with Gasteiger partial charge in [0.25, 0.3) is 5.91 Å². The van der Waals surface area contributed by atoms with Crippen LogP contribution >= 0.6 is 12.4 Å². The van der Waals surface area contributed by atoms with Gasteiger partial charge in [-0.3, -0.25) is 4.79 Å². The summed E-state index contributed by atoms with van der Waals surface area (Å²) in [4.78, 5) is 11.9. The Balaban J connectivity index is 0.00000400. The van der Waals surface area contributed by atoms with Crippen LogP contribution in [0.3, 0.4) is 0 Å². The Hall–Kier alpha value is -1.46. The fourth-order valence-corrected chi connectivity index (χ4v) is 1.59. The number of ether oxygens (including phenoxy) is 2. The van der Waals surface area contributed by atoms with E-state index in [4.69, 9.17) is 9.47 Å². The van der Waals surface area contributed by atoms with Gasteiger partial charge in [-0.2, -0.15) is 0 Å². The zero-order valence-electron chi connectivity index (χ0n) is 13.1. The lowest BCUT2D eigenvalue weighted by Crippen LogP contribution is -2.30. The number of carbonyl (C=O) groups excluding carboxylic acids is 1. The van der Waals surface area contributed by atoms with Gasteiger partial charge in [-0.05, 0) is 31.2 Å². The van der Waals surface area contributed by atoms with Crippen molar-refractivity contribution in [2.75, 3.05) is 33.9 Å². The van der Waals surface area contributed by atoms with Gasteiger partial charge in [0.1, 0.15) is 0 Å². The summed E-state index contributed by atoms with van der Waals surface area (Å²) in [5.74, 6) is 1.55. The van der Waals surface area contributed by atoms with E-state index >= 15 is 0 Å². The second-order valence-electron chi connectivity index (χ2n) is 4.93. The molecule has 0 saturated heterocycles. The van der Waals surface area contributed by atoms with E-state index in [2.05, 4.69) is 24.5 Å². The van der Waals surface area contributed by atoms with Gasteiger partial charge in [0.15, 0.2) is 11.5 Å². The van der Waals surface area contributed by atoms with Crippen molar-refractivity contribution in [2.45, 2.75) is 13.8 Å². The molecule has 0 fully saturated rings. The van der Waals surface area contributed by atoms with Crippen molar-refractivity contribution in [3.63, 3.8) is 0 Å². The van der Waals surface area contributed by atoms with Crippen LogP contribution in [0.5, 0.6) is 11.5 Å². The molecular formula is C15H25ClN2O3. The summed E-state index contributed by atoms with van der Waals surface area (Å²) in [7, 11) is 3.41. The van der Waals surface area contributed by atoms with Crippen LogP contribution < -0.4 is 20.1 Å². The largest absolute Gasteiger partial charge is 0.493 e. The van der Waals surface area contributed by atoms with Crippen LogP contribution in [0.2, 0.25) is 0 Å². The first-order valence-electron chi connectivity index (χ1n) is 6.82. The monoisotopic (exact) mass is 316 g/mol. The molecule has 0 spiro atoms. The maximum atomic E-state index is 11.9. The number of methoxy groups -OCH3 is 1. The van der Waals surface area contributed by atoms with Gasteiger partial charge in [0.2, 0.25) is 0 Å². The van der Waals surface area contributed by atoms with Crippen molar-refractivity contribution >= 4 is 18.3 Å². The molecular weight excluding hydrogens is 292 g/mol. The summed E-state index contributed by atoms with van der Waals surface area (Å²) in [6, 6.07) is 5.21. The Labute approximate surface area is 132 Å². The lowest BCUT2D eigenvalue weighted by atomic mass is 10.2. The van der Waals surface area contributed by atoms with Crippen LogP contribution in [-0.2, 0) is 0 Å². The molecule has 0 aliphatic rings. The summed E-state index contributed by atoms with van der Waals surface area (Å²) < 4.78 is 10.9. The highest BCUT2D eigenvalue weighted by Gasteiger charge is 2.11. The first-order chi connectivity index (χ1) is 9.58. The Morgan fingerprint density at radius 2 is 1.95 bits per heavy atom. The third-order valence-corrected chi connectivity index (χ3v) is 2.66.